The SMILES string of the molecule is CCc1[nH]c2nc(Sc3cnc4c(c3)N=C(C(F)(F)F)C4)nc(C3CC[C@@H](N)C3)c2c1Cl. The second kappa shape index (κ2) is 8.00. The Morgan fingerprint density at radius 3 is 2.78 bits per heavy atom. The number of aromatic amines is 1. The van der Waals surface area contributed by atoms with Gasteiger partial charge in [-0.3, -0.25) is 4.98 Å². The summed E-state index contributed by atoms with van der Waals surface area (Å²) in [6.07, 6.45) is 0.188. The zero-order chi connectivity index (χ0) is 22.6. The third kappa shape index (κ3) is 3.88. The Morgan fingerprint density at radius 2 is 2.09 bits per heavy atom. The molecule has 2 atom stereocenters. The minimum absolute atomic E-state index is 0.131. The highest BCUT2D eigenvalue weighted by molar-refractivity contribution is 7.99. The summed E-state index contributed by atoms with van der Waals surface area (Å²) in [5.74, 6) is 0.185. The predicted molar refractivity (Wildman–Crippen MR) is 118 cm³/mol. The van der Waals surface area contributed by atoms with Crippen LogP contribution >= 0.6 is 23.4 Å². The van der Waals surface area contributed by atoms with E-state index >= 15 is 0 Å². The molecule has 1 unspecified atom stereocenters. The number of aliphatic imine (C=N–C) groups is 1. The minimum atomic E-state index is -4.46. The van der Waals surface area contributed by atoms with Gasteiger partial charge in [0, 0.05) is 35.2 Å². The molecule has 32 heavy (non-hydrogen) atoms. The number of nitrogens with two attached hydrogens (primary N) is 1. The lowest BCUT2D eigenvalue weighted by atomic mass is 10.0. The first-order valence-corrected chi connectivity index (χ1v) is 11.6. The Hall–Kier alpha value is -2.17. The van der Waals surface area contributed by atoms with Crippen LogP contribution < -0.4 is 5.73 Å². The van der Waals surface area contributed by atoms with Crippen molar-refractivity contribution in [3.05, 3.63) is 34.4 Å². The molecule has 1 saturated carbocycles. The highest BCUT2D eigenvalue weighted by Crippen LogP contribution is 2.41. The van der Waals surface area contributed by atoms with Gasteiger partial charge >= 0.3 is 6.18 Å². The molecule has 0 bridgehead atoms. The van der Waals surface area contributed by atoms with E-state index in [-0.39, 0.29) is 24.1 Å². The Bertz CT molecular complexity index is 1240. The van der Waals surface area contributed by atoms with Crippen LogP contribution in [0.15, 0.2) is 27.3 Å². The van der Waals surface area contributed by atoms with Crippen molar-refractivity contribution in [1.29, 1.82) is 0 Å². The van der Waals surface area contributed by atoms with Crippen molar-refractivity contribution in [1.82, 2.24) is 19.9 Å². The van der Waals surface area contributed by atoms with Crippen molar-refractivity contribution in [2.24, 2.45) is 10.7 Å². The maximum Gasteiger partial charge on any atom is 0.429 e. The molecule has 3 aromatic rings. The summed E-state index contributed by atoms with van der Waals surface area (Å²) >= 11 is 7.88. The quantitative estimate of drug-likeness (QED) is 0.480. The first kappa shape index (κ1) is 21.7. The molecule has 4 heterocycles. The van der Waals surface area contributed by atoms with Gasteiger partial charge in [-0.05, 0) is 43.5 Å². The molecule has 0 aromatic carbocycles. The number of rotatable bonds is 4. The van der Waals surface area contributed by atoms with Crippen LogP contribution in [0.5, 0.6) is 0 Å². The average Bonchev–Trinajstić information content (AvgIpc) is 3.44. The summed E-state index contributed by atoms with van der Waals surface area (Å²) in [6, 6.07) is 1.73. The van der Waals surface area contributed by atoms with Gasteiger partial charge < -0.3 is 10.7 Å². The molecule has 11 heteroatoms. The summed E-state index contributed by atoms with van der Waals surface area (Å²) < 4.78 is 39.0. The van der Waals surface area contributed by atoms with E-state index in [0.717, 1.165) is 42.5 Å². The molecular formula is C21H20ClF3N6S. The molecule has 0 radical (unpaired) electrons. The topological polar surface area (TPSA) is 92.8 Å². The molecule has 5 rings (SSSR count). The molecule has 3 N–H and O–H groups in total. The number of nitrogens with one attached hydrogen (secondary N) is 1. The largest absolute Gasteiger partial charge is 0.429 e. The number of fused-ring (bicyclic) bond motifs is 2. The summed E-state index contributed by atoms with van der Waals surface area (Å²) in [6.45, 7) is 2.01. The van der Waals surface area contributed by atoms with E-state index < -0.39 is 11.9 Å². The van der Waals surface area contributed by atoms with Gasteiger partial charge in [-0.2, -0.15) is 13.2 Å². The van der Waals surface area contributed by atoms with Crippen molar-refractivity contribution in [2.45, 2.75) is 67.2 Å². The van der Waals surface area contributed by atoms with Gasteiger partial charge in [-0.25, -0.2) is 15.0 Å². The van der Waals surface area contributed by atoms with Crippen LogP contribution in [0, 0.1) is 0 Å². The monoisotopic (exact) mass is 480 g/mol. The molecule has 1 aliphatic carbocycles. The summed E-state index contributed by atoms with van der Waals surface area (Å²) in [7, 11) is 0. The van der Waals surface area contributed by atoms with E-state index in [0.29, 0.717) is 26.4 Å². The standard InChI is InChI=1S/C21H20ClF3N6S/c1-2-12-17(22)16-18(9-3-4-10(26)5-9)30-20(31-19(16)29-12)32-11-6-14-13(27-8-11)7-15(28-14)21(23,24)25/h6,8-10H,2-5,7,26H2,1H3,(H,29,30,31)/t9?,10-/m1/s1. The van der Waals surface area contributed by atoms with Crippen LogP contribution in [0.2, 0.25) is 5.02 Å². The molecule has 2 aliphatic rings. The fourth-order valence-electron chi connectivity index (χ4n) is 4.33. The van der Waals surface area contributed by atoms with Gasteiger partial charge in [0.2, 0.25) is 0 Å². The van der Waals surface area contributed by atoms with Gasteiger partial charge in [0.15, 0.2) is 5.16 Å². The predicted octanol–water partition coefficient (Wildman–Crippen LogP) is 5.51. The highest BCUT2D eigenvalue weighted by atomic mass is 35.5. The van der Waals surface area contributed by atoms with Gasteiger partial charge in [0.25, 0.3) is 0 Å². The Kier molecular flexibility index (Phi) is 5.42. The van der Waals surface area contributed by atoms with E-state index in [2.05, 4.69) is 19.9 Å². The molecule has 6 nitrogen and oxygen atoms in total. The van der Waals surface area contributed by atoms with Crippen LogP contribution in [0.4, 0.5) is 18.9 Å². The minimum Gasteiger partial charge on any atom is -0.342 e. The van der Waals surface area contributed by atoms with Crippen molar-refractivity contribution in [2.75, 3.05) is 0 Å². The number of halogens is 4. The van der Waals surface area contributed by atoms with Crippen LogP contribution in [0.25, 0.3) is 11.0 Å². The molecule has 1 fully saturated rings. The maximum absolute atomic E-state index is 13.0. The number of aryl methyl sites for hydroxylation is 1. The second-order valence-electron chi connectivity index (χ2n) is 8.13. The first-order valence-electron chi connectivity index (χ1n) is 10.4. The number of hydrogen-bond donors (Lipinski definition) is 2. The van der Waals surface area contributed by atoms with E-state index in [1.165, 1.54) is 18.0 Å². The summed E-state index contributed by atoms with van der Waals surface area (Å²) in [5.41, 5.74) is 8.30. The lowest BCUT2D eigenvalue weighted by Gasteiger charge is -2.12. The van der Waals surface area contributed by atoms with Crippen LogP contribution in [0.1, 0.15) is 49.2 Å². The van der Waals surface area contributed by atoms with E-state index in [9.17, 15) is 13.2 Å². The lowest BCUT2D eigenvalue weighted by molar-refractivity contribution is -0.0597. The zero-order valence-corrected chi connectivity index (χ0v) is 18.7. The van der Waals surface area contributed by atoms with Crippen molar-refractivity contribution < 1.29 is 13.2 Å². The third-order valence-electron chi connectivity index (χ3n) is 5.93. The van der Waals surface area contributed by atoms with Crippen LogP contribution in [-0.2, 0) is 12.8 Å². The summed E-state index contributed by atoms with van der Waals surface area (Å²) in [5, 5.41) is 1.95. The van der Waals surface area contributed by atoms with Gasteiger partial charge in [-0.1, -0.05) is 18.5 Å². The van der Waals surface area contributed by atoms with Crippen LogP contribution in [-0.4, -0.2) is 37.9 Å². The first-order chi connectivity index (χ1) is 15.2. The molecule has 0 saturated heterocycles. The molecule has 0 spiro atoms. The van der Waals surface area contributed by atoms with E-state index in [4.69, 9.17) is 22.3 Å². The fourth-order valence-corrected chi connectivity index (χ4v) is 5.46. The number of nitrogens with zero attached hydrogens (tertiary/aromatic N) is 4. The normalized spacial score (nSPS) is 20.8. The second-order valence-corrected chi connectivity index (χ2v) is 9.55. The fraction of sp³-hybridized carbons (Fsp3) is 0.429. The van der Waals surface area contributed by atoms with Crippen molar-refractivity contribution in [3.8, 4) is 0 Å². The van der Waals surface area contributed by atoms with E-state index in [1.807, 2.05) is 6.92 Å². The third-order valence-corrected chi connectivity index (χ3v) is 7.17. The lowest BCUT2D eigenvalue weighted by Crippen LogP contribution is -2.22. The average molecular weight is 481 g/mol. The smallest absolute Gasteiger partial charge is 0.342 e. The number of alkyl halides is 3. The number of H-pyrrole nitrogens is 1. The maximum atomic E-state index is 13.0. The Balaban J connectivity index is 1.52. The molecular weight excluding hydrogens is 461 g/mol. The van der Waals surface area contributed by atoms with Gasteiger partial charge in [-0.15, -0.1) is 0 Å². The van der Waals surface area contributed by atoms with Gasteiger partial charge in [0.1, 0.15) is 11.4 Å². The van der Waals surface area contributed by atoms with E-state index in [1.54, 1.807) is 6.07 Å². The molecule has 0 amide bonds. The zero-order valence-electron chi connectivity index (χ0n) is 17.1. The van der Waals surface area contributed by atoms with Gasteiger partial charge in [0.05, 0.1) is 27.5 Å². The molecule has 168 valence electrons. The summed E-state index contributed by atoms with van der Waals surface area (Å²) in [4.78, 5) is 21.3. The highest BCUT2D eigenvalue weighted by Gasteiger charge is 2.39. The van der Waals surface area contributed by atoms with Crippen molar-refractivity contribution in [3.63, 3.8) is 0 Å². The Morgan fingerprint density at radius 1 is 1.28 bits per heavy atom. The number of pyridine rings is 1. The molecule has 1 aliphatic heterocycles. The Labute approximate surface area is 191 Å². The molecule has 3 aromatic heterocycles. The number of hydrogen-bond acceptors (Lipinski definition) is 6. The number of aromatic nitrogens is 4. The van der Waals surface area contributed by atoms with Crippen LogP contribution in [0.3, 0.4) is 0 Å². The van der Waals surface area contributed by atoms with Crippen molar-refractivity contribution >= 4 is 45.8 Å².